The van der Waals surface area contributed by atoms with Crippen LogP contribution in [-0.4, -0.2) is 102 Å². The van der Waals surface area contributed by atoms with Crippen molar-refractivity contribution in [2.75, 3.05) is 45.9 Å². The number of aryl methyl sites for hydroxylation is 1. The molecule has 258 valence electrons. The summed E-state index contributed by atoms with van der Waals surface area (Å²) in [5.74, 6) is 0.926. The van der Waals surface area contributed by atoms with Crippen LogP contribution in [0.1, 0.15) is 82.2 Å². The van der Waals surface area contributed by atoms with Gasteiger partial charge in [-0.1, -0.05) is 46.0 Å². The first-order chi connectivity index (χ1) is 22.5. The molecule has 0 bridgehead atoms. The van der Waals surface area contributed by atoms with E-state index in [2.05, 4.69) is 24.1 Å². The third-order valence-electron chi connectivity index (χ3n) is 10.8. The van der Waals surface area contributed by atoms with E-state index in [1.54, 1.807) is 12.1 Å². The summed E-state index contributed by atoms with van der Waals surface area (Å²) >= 11 is 0. The van der Waals surface area contributed by atoms with E-state index in [-0.39, 0.29) is 22.6 Å². The zero-order chi connectivity index (χ0) is 33.3. The molecule has 1 aromatic heterocycles. The van der Waals surface area contributed by atoms with Crippen molar-refractivity contribution in [2.45, 2.75) is 102 Å². The van der Waals surface area contributed by atoms with Crippen molar-refractivity contribution in [1.29, 1.82) is 0 Å². The molecule has 2 amide bonds. The van der Waals surface area contributed by atoms with Gasteiger partial charge < -0.3 is 15.0 Å². The number of carbonyl (C=O) groups excluding carboxylic acids is 2. The molecular weight excluding hydrogens is 616 g/mol. The van der Waals surface area contributed by atoms with E-state index in [0.717, 1.165) is 41.9 Å². The Morgan fingerprint density at radius 2 is 1.64 bits per heavy atom. The number of rotatable bonds is 9. The third-order valence-corrected chi connectivity index (χ3v) is 12.8. The molecule has 6 rings (SSSR count). The van der Waals surface area contributed by atoms with Gasteiger partial charge in [-0.25, -0.2) is 13.1 Å². The highest BCUT2D eigenvalue weighted by atomic mass is 32.2. The predicted molar refractivity (Wildman–Crippen MR) is 180 cm³/mol. The third kappa shape index (κ3) is 6.89. The van der Waals surface area contributed by atoms with Crippen molar-refractivity contribution >= 4 is 21.8 Å². The van der Waals surface area contributed by atoms with Crippen molar-refractivity contribution in [2.24, 2.45) is 11.8 Å². The topological polar surface area (TPSA) is 117 Å². The zero-order valence-electron chi connectivity index (χ0n) is 28.5. The molecule has 12 heteroatoms. The fourth-order valence-electron chi connectivity index (χ4n) is 8.07. The number of hydrogen-bond acceptors (Lipinski definition) is 7. The van der Waals surface area contributed by atoms with Gasteiger partial charge in [0.05, 0.1) is 29.5 Å². The number of nitrogens with zero attached hydrogens (tertiary/aromatic N) is 5. The number of piperidine rings is 1. The molecule has 11 nitrogen and oxygen atoms in total. The second-order valence-corrected chi connectivity index (χ2v) is 16.4. The minimum absolute atomic E-state index is 0.0254. The highest BCUT2D eigenvalue weighted by Crippen LogP contribution is 2.37. The van der Waals surface area contributed by atoms with Crippen LogP contribution in [0.25, 0.3) is 5.69 Å². The van der Waals surface area contributed by atoms with Crippen LogP contribution < -0.4 is 5.32 Å². The van der Waals surface area contributed by atoms with Crippen molar-refractivity contribution in [3.05, 3.63) is 41.2 Å². The van der Waals surface area contributed by atoms with Crippen LogP contribution in [0, 0.1) is 25.7 Å². The minimum Gasteiger partial charge on any atom is -0.379 e. The highest BCUT2D eigenvalue weighted by Gasteiger charge is 2.53. The maximum absolute atomic E-state index is 14.0. The number of nitrogens with one attached hydrogen (secondary N) is 1. The normalized spacial score (nSPS) is 23.5. The Morgan fingerprint density at radius 1 is 0.979 bits per heavy atom. The number of likely N-dealkylation sites (tertiary alicyclic amines) is 1. The van der Waals surface area contributed by atoms with Gasteiger partial charge in [0, 0.05) is 50.5 Å². The van der Waals surface area contributed by atoms with Crippen molar-refractivity contribution in [3.63, 3.8) is 0 Å². The lowest BCUT2D eigenvalue weighted by molar-refractivity contribution is -0.162. The van der Waals surface area contributed by atoms with Crippen LogP contribution in [0.5, 0.6) is 0 Å². The van der Waals surface area contributed by atoms with E-state index in [0.29, 0.717) is 71.2 Å². The lowest BCUT2D eigenvalue weighted by Crippen LogP contribution is -2.73. The Balaban J connectivity index is 1.13. The van der Waals surface area contributed by atoms with Gasteiger partial charge in [0.1, 0.15) is 11.6 Å². The number of ether oxygens (including phenoxy) is 1. The van der Waals surface area contributed by atoms with Crippen molar-refractivity contribution in [1.82, 2.24) is 29.2 Å². The zero-order valence-corrected chi connectivity index (χ0v) is 29.4. The van der Waals surface area contributed by atoms with Gasteiger partial charge in [0.2, 0.25) is 21.8 Å². The maximum atomic E-state index is 14.0. The summed E-state index contributed by atoms with van der Waals surface area (Å²) in [5.41, 5.74) is 3.06. The Morgan fingerprint density at radius 3 is 2.28 bits per heavy atom. The first kappa shape index (κ1) is 34.1. The molecule has 1 atom stereocenters. The number of morpholine rings is 1. The fourth-order valence-corrected chi connectivity index (χ4v) is 9.48. The second kappa shape index (κ2) is 14.0. The molecule has 1 spiro atoms. The number of amides is 2. The smallest absolute Gasteiger partial charge is 0.246 e. The second-order valence-electron chi connectivity index (χ2n) is 14.5. The average molecular weight is 669 g/mol. The molecule has 1 saturated carbocycles. The molecule has 3 saturated heterocycles. The Hall–Kier alpha value is -2.80. The van der Waals surface area contributed by atoms with Crippen molar-refractivity contribution < 1.29 is 22.7 Å². The SMILES string of the molecule is Cc1nn(-c2ccc(S(=O)(=O)N3CCOCC3)cc2)c(C)c1CN1CCC2(CC1)C(=O)N[C@@H](CC1CCCCC1)C(=O)N2CC(C)C. The van der Waals surface area contributed by atoms with E-state index >= 15 is 0 Å². The van der Waals surface area contributed by atoms with E-state index in [9.17, 15) is 18.0 Å². The van der Waals surface area contributed by atoms with E-state index in [1.165, 1.54) is 23.6 Å². The van der Waals surface area contributed by atoms with Gasteiger partial charge in [-0.05, 0) is 69.2 Å². The van der Waals surface area contributed by atoms with Crippen LogP contribution in [0.2, 0.25) is 0 Å². The average Bonchev–Trinajstić information content (AvgIpc) is 3.35. The highest BCUT2D eigenvalue weighted by molar-refractivity contribution is 7.89. The molecule has 4 heterocycles. The van der Waals surface area contributed by atoms with Gasteiger partial charge in [-0.15, -0.1) is 0 Å². The van der Waals surface area contributed by atoms with Crippen LogP contribution >= 0.6 is 0 Å². The Labute approximate surface area is 280 Å². The minimum atomic E-state index is -3.57. The number of aromatic nitrogens is 2. The summed E-state index contributed by atoms with van der Waals surface area (Å²) in [6.45, 7) is 12.6. The number of benzene rings is 1. The molecular formula is C35H52N6O5S. The molecule has 0 radical (unpaired) electrons. The Kier molecular flexibility index (Phi) is 10.1. The van der Waals surface area contributed by atoms with E-state index < -0.39 is 21.6 Å². The molecule has 4 fully saturated rings. The molecule has 2 aromatic rings. The van der Waals surface area contributed by atoms with Crippen LogP contribution in [0.15, 0.2) is 29.2 Å². The summed E-state index contributed by atoms with van der Waals surface area (Å²) in [6, 6.07) is 6.52. The monoisotopic (exact) mass is 668 g/mol. The van der Waals surface area contributed by atoms with Gasteiger partial charge in [-0.3, -0.25) is 14.5 Å². The Bertz CT molecular complexity index is 1530. The molecule has 4 aliphatic rings. The number of hydrogen-bond donors (Lipinski definition) is 1. The van der Waals surface area contributed by atoms with Crippen LogP contribution in [-0.2, 0) is 30.9 Å². The molecule has 0 unspecified atom stereocenters. The molecule has 1 aliphatic carbocycles. The largest absolute Gasteiger partial charge is 0.379 e. The molecule has 3 aliphatic heterocycles. The summed E-state index contributed by atoms with van der Waals surface area (Å²) in [5, 5.41) is 8.04. The van der Waals surface area contributed by atoms with Gasteiger partial charge in [0.25, 0.3) is 0 Å². The summed E-state index contributed by atoms with van der Waals surface area (Å²) in [4.78, 5) is 32.4. The number of piperazine rings is 1. The van der Waals surface area contributed by atoms with Gasteiger partial charge in [0.15, 0.2) is 0 Å². The molecule has 47 heavy (non-hydrogen) atoms. The van der Waals surface area contributed by atoms with Gasteiger partial charge >= 0.3 is 0 Å². The summed E-state index contributed by atoms with van der Waals surface area (Å²) in [6.07, 6.45) is 8.00. The summed E-state index contributed by atoms with van der Waals surface area (Å²) < 4.78 is 34.9. The lowest BCUT2D eigenvalue weighted by Gasteiger charge is -2.52. The van der Waals surface area contributed by atoms with E-state index in [1.807, 2.05) is 35.6 Å². The molecule has 1 N–H and O–H groups in total. The maximum Gasteiger partial charge on any atom is 0.246 e. The number of carbonyl (C=O) groups is 2. The van der Waals surface area contributed by atoms with Crippen LogP contribution in [0.3, 0.4) is 0 Å². The lowest BCUT2D eigenvalue weighted by atomic mass is 9.78. The first-order valence-electron chi connectivity index (χ1n) is 17.6. The van der Waals surface area contributed by atoms with E-state index in [4.69, 9.17) is 9.84 Å². The van der Waals surface area contributed by atoms with Crippen LogP contribution in [0.4, 0.5) is 0 Å². The number of sulfonamides is 1. The molecule has 1 aromatic carbocycles. The predicted octanol–water partition coefficient (Wildman–Crippen LogP) is 3.80. The van der Waals surface area contributed by atoms with Gasteiger partial charge in [-0.2, -0.15) is 9.40 Å². The first-order valence-corrected chi connectivity index (χ1v) is 19.0. The summed E-state index contributed by atoms with van der Waals surface area (Å²) in [7, 11) is -3.57. The standard InChI is InChI=1S/C35H52N6O5S/c1-25(2)23-40-33(42)32(22-28-8-6-5-7-9-28)36-34(43)35(40)14-16-38(17-15-35)24-31-26(3)37-41(27(31)4)29-10-12-30(13-11-29)47(44,45)39-18-20-46-21-19-39/h10-13,25,28,32H,5-9,14-24H2,1-4H3,(H,36,43)/t32-/m0/s1. The quantitative estimate of drug-likeness (QED) is 0.432. The van der Waals surface area contributed by atoms with Crippen molar-refractivity contribution in [3.8, 4) is 5.69 Å². The fraction of sp³-hybridized carbons (Fsp3) is 0.686.